The zero-order valence-corrected chi connectivity index (χ0v) is 20.3. The number of nitrogens with zero attached hydrogens (tertiary/aromatic N) is 3. The van der Waals surface area contributed by atoms with Gasteiger partial charge < -0.3 is 5.32 Å². The minimum atomic E-state index is -0.0809. The molecule has 0 saturated carbocycles. The highest BCUT2D eigenvalue weighted by molar-refractivity contribution is 7.98. The van der Waals surface area contributed by atoms with Gasteiger partial charge in [-0.2, -0.15) is 0 Å². The number of amides is 1. The second-order valence-electron chi connectivity index (χ2n) is 7.91. The fourth-order valence-electron chi connectivity index (χ4n) is 3.85. The van der Waals surface area contributed by atoms with E-state index in [9.17, 15) is 9.59 Å². The number of benzene rings is 1. The minimum Gasteiger partial charge on any atom is -0.326 e. The predicted molar refractivity (Wildman–Crippen MR) is 132 cm³/mol. The highest BCUT2D eigenvalue weighted by Gasteiger charge is 2.22. The Labute approximate surface area is 197 Å². The molecule has 6 nitrogen and oxygen atoms in total. The Kier molecular flexibility index (Phi) is 5.88. The summed E-state index contributed by atoms with van der Waals surface area (Å²) in [4.78, 5) is 36.8. The van der Waals surface area contributed by atoms with E-state index < -0.39 is 0 Å². The van der Waals surface area contributed by atoms with Gasteiger partial charge >= 0.3 is 0 Å². The summed E-state index contributed by atoms with van der Waals surface area (Å²) in [6.07, 6.45) is 3.41. The zero-order chi connectivity index (χ0) is 22.2. The van der Waals surface area contributed by atoms with Crippen molar-refractivity contribution < 1.29 is 4.79 Å². The Balaban J connectivity index is 1.25. The monoisotopic (exact) mass is 482 g/mol. The van der Waals surface area contributed by atoms with Crippen molar-refractivity contribution >= 4 is 56.2 Å². The Morgan fingerprint density at radius 1 is 1.22 bits per heavy atom. The van der Waals surface area contributed by atoms with Crippen LogP contribution in [0, 0.1) is 6.92 Å². The van der Waals surface area contributed by atoms with Crippen molar-refractivity contribution in [3.8, 4) is 0 Å². The number of carbonyl (C=O) groups is 1. The van der Waals surface area contributed by atoms with Crippen LogP contribution in [-0.2, 0) is 36.9 Å². The number of fused-ring (bicyclic) bond motifs is 3. The maximum atomic E-state index is 12.9. The lowest BCUT2D eigenvalue weighted by Crippen LogP contribution is -2.20. The number of aromatic nitrogens is 3. The smallest absolute Gasteiger partial charge is 0.262 e. The van der Waals surface area contributed by atoms with Crippen LogP contribution in [0.25, 0.3) is 10.2 Å². The number of thiazole rings is 1. The second kappa shape index (κ2) is 8.80. The molecule has 5 rings (SSSR count). The van der Waals surface area contributed by atoms with Gasteiger partial charge in [-0.15, -0.1) is 22.7 Å². The topological polar surface area (TPSA) is 76.9 Å². The fourth-order valence-corrected chi connectivity index (χ4v) is 6.91. The molecule has 0 spiro atoms. The average molecular weight is 483 g/mol. The Morgan fingerprint density at radius 3 is 2.84 bits per heavy atom. The van der Waals surface area contributed by atoms with E-state index in [4.69, 9.17) is 4.98 Å². The number of rotatable bonds is 6. The van der Waals surface area contributed by atoms with Gasteiger partial charge in [0.1, 0.15) is 9.84 Å². The number of carbonyl (C=O) groups excluding carboxylic acids is 1. The summed E-state index contributed by atoms with van der Waals surface area (Å²) in [7, 11) is 1.79. The van der Waals surface area contributed by atoms with E-state index in [1.54, 1.807) is 23.0 Å². The molecule has 0 fully saturated rings. The van der Waals surface area contributed by atoms with Gasteiger partial charge in [0, 0.05) is 28.7 Å². The quantitative estimate of drug-likeness (QED) is 0.318. The van der Waals surface area contributed by atoms with E-state index >= 15 is 0 Å². The number of hydrogen-bond acceptors (Lipinski definition) is 7. The summed E-state index contributed by atoms with van der Waals surface area (Å²) in [6.45, 7) is 2.01. The molecule has 0 saturated heterocycles. The van der Waals surface area contributed by atoms with Crippen molar-refractivity contribution in [1.82, 2.24) is 14.5 Å². The lowest BCUT2D eigenvalue weighted by atomic mass is 10.2. The van der Waals surface area contributed by atoms with Crippen molar-refractivity contribution in [3.63, 3.8) is 0 Å². The van der Waals surface area contributed by atoms with Crippen LogP contribution < -0.4 is 10.9 Å². The third-order valence-electron chi connectivity index (χ3n) is 5.50. The molecule has 32 heavy (non-hydrogen) atoms. The summed E-state index contributed by atoms with van der Waals surface area (Å²) in [5, 5.41) is 7.17. The summed E-state index contributed by atoms with van der Waals surface area (Å²) in [5.74, 6) is 0.523. The third kappa shape index (κ3) is 4.24. The van der Waals surface area contributed by atoms with E-state index in [0.717, 1.165) is 51.4 Å². The summed E-state index contributed by atoms with van der Waals surface area (Å²) in [6, 6.07) is 7.73. The van der Waals surface area contributed by atoms with E-state index in [0.29, 0.717) is 10.9 Å². The van der Waals surface area contributed by atoms with Gasteiger partial charge in [-0.3, -0.25) is 14.2 Å². The highest BCUT2D eigenvalue weighted by atomic mass is 32.2. The first-order valence-electron chi connectivity index (χ1n) is 10.4. The lowest BCUT2D eigenvalue weighted by molar-refractivity contribution is -0.115. The maximum absolute atomic E-state index is 12.9. The average Bonchev–Trinajstić information content (AvgIpc) is 3.47. The molecule has 4 aromatic rings. The van der Waals surface area contributed by atoms with Crippen LogP contribution in [0.15, 0.2) is 39.6 Å². The van der Waals surface area contributed by atoms with Crippen molar-refractivity contribution in [1.29, 1.82) is 0 Å². The molecule has 1 aliphatic carbocycles. The third-order valence-corrected chi connectivity index (χ3v) is 8.65. The Hall–Kier alpha value is -2.49. The molecular formula is C23H22N4O2S3. The van der Waals surface area contributed by atoms with Gasteiger partial charge in [-0.25, -0.2) is 9.97 Å². The number of hydrogen-bond donors (Lipinski definition) is 1. The first-order chi connectivity index (χ1) is 15.5. The molecule has 1 aliphatic rings. The molecule has 3 aromatic heterocycles. The van der Waals surface area contributed by atoms with Gasteiger partial charge in [0.05, 0.1) is 17.5 Å². The van der Waals surface area contributed by atoms with Crippen LogP contribution in [0.1, 0.15) is 33.1 Å². The van der Waals surface area contributed by atoms with Gasteiger partial charge in [0.15, 0.2) is 5.16 Å². The zero-order valence-electron chi connectivity index (χ0n) is 17.8. The molecule has 1 amide bonds. The van der Waals surface area contributed by atoms with Gasteiger partial charge in [0.2, 0.25) is 5.91 Å². The van der Waals surface area contributed by atoms with Crippen LogP contribution in [0.4, 0.5) is 5.69 Å². The van der Waals surface area contributed by atoms with E-state index in [-0.39, 0.29) is 17.9 Å². The maximum Gasteiger partial charge on any atom is 0.262 e. The molecule has 3 heterocycles. The first kappa shape index (κ1) is 21.4. The van der Waals surface area contributed by atoms with Gasteiger partial charge in [-0.05, 0) is 43.9 Å². The molecule has 0 bridgehead atoms. The molecule has 164 valence electrons. The molecule has 0 radical (unpaired) electrons. The van der Waals surface area contributed by atoms with Crippen LogP contribution in [0.2, 0.25) is 0 Å². The van der Waals surface area contributed by atoms with E-state index in [1.807, 2.05) is 36.6 Å². The van der Waals surface area contributed by atoms with Gasteiger partial charge in [0.25, 0.3) is 5.56 Å². The predicted octanol–water partition coefficient (Wildman–Crippen LogP) is 4.72. The fraction of sp³-hybridized carbons (Fsp3) is 0.304. The second-order valence-corrected chi connectivity index (χ2v) is 10.9. The van der Waals surface area contributed by atoms with Crippen molar-refractivity contribution in [3.05, 3.63) is 66.7 Å². The number of anilines is 1. The Bertz CT molecular complexity index is 1370. The van der Waals surface area contributed by atoms with Crippen LogP contribution in [-0.4, -0.2) is 20.4 Å². The van der Waals surface area contributed by atoms with E-state index in [1.165, 1.54) is 33.5 Å². The summed E-state index contributed by atoms with van der Waals surface area (Å²) < 4.78 is 1.65. The van der Waals surface area contributed by atoms with Crippen molar-refractivity contribution in [2.45, 2.75) is 43.5 Å². The SMILES string of the molecule is Cc1ccc(NC(=O)Cc2nc(CSc3nc4sc5c(c4c(=O)n3C)CCC5)cs2)cc1. The van der Waals surface area contributed by atoms with Crippen molar-refractivity contribution in [2.24, 2.45) is 7.05 Å². The molecule has 1 N–H and O–H groups in total. The number of nitrogens with one attached hydrogen (secondary N) is 1. The van der Waals surface area contributed by atoms with Crippen LogP contribution in [0.3, 0.4) is 0 Å². The van der Waals surface area contributed by atoms with E-state index in [2.05, 4.69) is 10.3 Å². The molecule has 9 heteroatoms. The minimum absolute atomic E-state index is 0.0450. The highest BCUT2D eigenvalue weighted by Crippen LogP contribution is 2.35. The van der Waals surface area contributed by atoms with Crippen LogP contribution in [0.5, 0.6) is 0 Å². The normalized spacial score (nSPS) is 12.9. The molecule has 0 aliphatic heterocycles. The molecule has 0 atom stereocenters. The molecule has 0 unspecified atom stereocenters. The number of thiophene rings is 1. The first-order valence-corrected chi connectivity index (χ1v) is 13.1. The molecule has 1 aromatic carbocycles. The van der Waals surface area contributed by atoms with Gasteiger partial charge in [-0.1, -0.05) is 29.5 Å². The number of aryl methyl sites for hydroxylation is 3. The van der Waals surface area contributed by atoms with Crippen molar-refractivity contribution in [2.75, 3.05) is 5.32 Å². The lowest BCUT2D eigenvalue weighted by Gasteiger charge is -2.06. The number of thioether (sulfide) groups is 1. The Morgan fingerprint density at radius 2 is 2.03 bits per heavy atom. The summed E-state index contributed by atoms with van der Waals surface area (Å²) in [5.41, 5.74) is 4.08. The van der Waals surface area contributed by atoms with Crippen LogP contribution >= 0.6 is 34.4 Å². The summed E-state index contributed by atoms with van der Waals surface area (Å²) >= 11 is 4.65. The standard InChI is InChI=1S/C23H22N4O2S3/c1-13-6-8-14(9-7-13)24-18(28)10-19-25-15(11-30-19)12-31-23-26-21-20(22(29)27(23)2)16-4-3-5-17(16)32-21/h6-9,11H,3-5,10,12H2,1-2H3,(H,24,28). The molecular weight excluding hydrogens is 460 g/mol. The largest absolute Gasteiger partial charge is 0.326 e.